The molecule has 5 aromatic carbocycles. The zero-order valence-corrected chi connectivity index (χ0v) is 22.7. The van der Waals surface area contributed by atoms with Gasteiger partial charge in [0, 0.05) is 26.9 Å². The highest BCUT2D eigenvalue weighted by molar-refractivity contribution is 9.10. The molecule has 2 heteroatoms. The molecule has 0 saturated heterocycles. The average molecular weight is 543 g/mol. The molecule has 0 unspecified atom stereocenters. The lowest BCUT2D eigenvalue weighted by Crippen LogP contribution is -2.16. The van der Waals surface area contributed by atoms with E-state index in [0.717, 1.165) is 27.1 Å². The molecule has 0 saturated carbocycles. The van der Waals surface area contributed by atoms with E-state index in [0.29, 0.717) is 0 Å². The molecule has 0 amide bonds. The summed E-state index contributed by atoms with van der Waals surface area (Å²) in [6.07, 6.45) is 1.89. The number of fused-ring (bicyclic) bond motifs is 3. The molecule has 1 aliphatic carbocycles. The van der Waals surface area contributed by atoms with Gasteiger partial charge in [0.1, 0.15) is 0 Å². The van der Waals surface area contributed by atoms with E-state index in [2.05, 4.69) is 157 Å². The summed E-state index contributed by atoms with van der Waals surface area (Å²) in [7, 11) is 0. The van der Waals surface area contributed by atoms with Gasteiger partial charge in [0.2, 0.25) is 0 Å². The Kier molecular flexibility index (Phi) is 5.85. The third-order valence-corrected chi connectivity index (χ3v) is 8.04. The minimum atomic E-state index is -0.0499. The van der Waals surface area contributed by atoms with Crippen molar-refractivity contribution in [2.24, 2.45) is 0 Å². The zero-order valence-electron chi connectivity index (χ0n) is 21.1. The van der Waals surface area contributed by atoms with E-state index >= 15 is 0 Å². The molecule has 180 valence electrons. The van der Waals surface area contributed by atoms with Crippen LogP contribution in [0.1, 0.15) is 30.5 Å². The number of anilines is 3. The first-order chi connectivity index (χ1) is 18.0. The van der Waals surface area contributed by atoms with Gasteiger partial charge in [0.25, 0.3) is 0 Å². The van der Waals surface area contributed by atoms with Gasteiger partial charge < -0.3 is 4.90 Å². The van der Waals surface area contributed by atoms with Crippen molar-refractivity contribution in [2.75, 3.05) is 4.90 Å². The third-order valence-electron chi connectivity index (χ3n) is 7.52. The van der Waals surface area contributed by atoms with Gasteiger partial charge >= 0.3 is 0 Å². The number of rotatable bonds is 5. The molecule has 1 aliphatic rings. The highest BCUT2D eigenvalue weighted by Gasteiger charge is 2.35. The predicted octanol–water partition coefficient (Wildman–Crippen LogP) is 10.5. The van der Waals surface area contributed by atoms with Gasteiger partial charge in [-0.3, -0.25) is 0 Å². The molecule has 0 radical (unpaired) electrons. The molecule has 0 N–H and O–H groups in total. The van der Waals surface area contributed by atoms with Crippen molar-refractivity contribution in [3.63, 3.8) is 0 Å². The van der Waals surface area contributed by atoms with Crippen LogP contribution < -0.4 is 4.90 Å². The number of hydrogen-bond donors (Lipinski definition) is 0. The fourth-order valence-corrected chi connectivity index (χ4v) is 5.75. The highest BCUT2D eigenvalue weighted by atomic mass is 79.9. The summed E-state index contributed by atoms with van der Waals surface area (Å²) in [6, 6.07) is 41.6. The van der Waals surface area contributed by atoms with Gasteiger partial charge in [-0.2, -0.15) is 0 Å². The Labute approximate surface area is 227 Å². The zero-order chi connectivity index (χ0) is 25.6. The van der Waals surface area contributed by atoms with Crippen molar-refractivity contribution in [3.8, 4) is 22.3 Å². The van der Waals surface area contributed by atoms with Crippen molar-refractivity contribution in [3.05, 3.63) is 143 Å². The van der Waals surface area contributed by atoms with E-state index in [1.165, 1.54) is 33.4 Å². The van der Waals surface area contributed by atoms with Crippen LogP contribution in [0.3, 0.4) is 0 Å². The molecule has 5 aromatic rings. The number of hydrogen-bond acceptors (Lipinski definition) is 1. The number of halogens is 1. The maximum absolute atomic E-state index is 3.92. The van der Waals surface area contributed by atoms with E-state index in [1.54, 1.807) is 0 Å². The first-order valence-corrected chi connectivity index (χ1v) is 13.4. The molecule has 1 nitrogen and oxygen atoms in total. The Morgan fingerprint density at radius 2 is 1.16 bits per heavy atom. The van der Waals surface area contributed by atoms with Gasteiger partial charge in [0.05, 0.1) is 0 Å². The quantitative estimate of drug-likeness (QED) is 0.214. The van der Waals surface area contributed by atoms with E-state index in [-0.39, 0.29) is 5.41 Å². The molecule has 0 bridgehead atoms. The summed E-state index contributed by atoms with van der Waals surface area (Å²) in [6.45, 7) is 8.59. The number of benzene rings is 5. The Morgan fingerprint density at radius 1 is 0.622 bits per heavy atom. The maximum atomic E-state index is 3.92. The normalized spacial score (nSPS) is 13.1. The Balaban J connectivity index is 1.46. The van der Waals surface area contributed by atoms with E-state index in [9.17, 15) is 0 Å². The van der Waals surface area contributed by atoms with E-state index in [4.69, 9.17) is 0 Å². The van der Waals surface area contributed by atoms with E-state index < -0.39 is 0 Å². The molecule has 37 heavy (non-hydrogen) atoms. The minimum absolute atomic E-state index is 0.0499. The molecule has 0 aromatic heterocycles. The first kappa shape index (κ1) is 23.5. The highest BCUT2D eigenvalue weighted by Crippen LogP contribution is 2.50. The SMILES string of the molecule is C=Cc1ccc(N(c2ccc(-c3ccc(Br)cc3)cc2)c2ccc3c(c2)C(C)(C)c2ccccc2-3)cc1. The maximum Gasteiger partial charge on any atom is 0.0465 e. The third kappa shape index (κ3) is 4.12. The summed E-state index contributed by atoms with van der Waals surface area (Å²) in [5, 5.41) is 0. The molecule has 0 spiro atoms. The Hall–Kier alpha value is -3.88. The summed E-state index contributed by atoms with van der Waals surface area (Å²) < 4.78 is 1.09. The minimum Gasteiger partial charge on any atom is -0.310 e. The summed E-state index contributed by atoms with van der Waals surface area (Å²) in [5.41, 5.74) is 12.3. The summed E-state index contributed by atoms with van der Waals surface area (Å²) in [5.74, 6) is 0. The predicted molar refractivity (Wildman–Crippen MR) is 162 cm³/mol. The first-order valence-electron chi connectivity index (χ1n) is 12.6. The smallest absolute Gasteiger partial charge is 0.0465 e. The van der Waals surface area contributed by atoms with E-state index in [1.807, 2.05) is 6.08 Å². The van der Waals surface area contributed by atoms with Crippen LogP contribution in [0.15, 0.2) is 126 Å². The van der Waals surface area contributed by atoms with Crippen molar-refractivity contribution in [2.45, 2.75) is 19.3 Å². The van der Waals surface area contributed by atoms with Crippen LogP contribution in [0.2, 0.25) is 0 Å². The van der Waals surface area contributed by atoms with Crippen LogP contribution in [0.5, 0.6) is 0 Å². The Bertz CT molecular complexity index is 1590. The molecule has 0 aliphatic heterocycles. The summed E-state index contributed by atoms with van der Waals surface area (Å²) >= 11 is 3.54. The van der Waals surface area contributed by atoms with Crippen LogP contribution in [0, 0.1) is 0 Å². The summed E-state index contributed by atoms with van der Waals surface area (Å²) in [4.78, 5) is 2.34. The van der Waals surface area contributed by atoms with Gasteiger partial charge in [0.15, 0.2) is 0 Å². The fourth-order valence-electron chi connectivity index (χ4n) is 5.48. The van der Waals surface area contributed by atoms with Gasteiger partial charge in [-0.1, -0.05) is 109 Å². The molecule has 0 fully saturated rings. The lowest BCUT2D eigenvalue weighted by Gasteiger charge is -2.28. The van der Waals surface area contributed by atoms with Crippen molar-refractivity contribution < 1.29 is 0 Å². The van der Waals surface area contributed by atoms with Crippen molar-refractivity contribution >= 4 is 39.1 Å². The molecular weight excluding hydrogens is 514 g/mol. The monoisotopic (exact) mass is 541 g/mol. The average Bonchev–Trinajstić information content (AvgIpc) is 3.16. The van der Waals surface area contributed by atoms with Crippen LogP contribution in [0.25, 0.3) is 28.3 Å². The molecule has 0 atom stereocenters. The fraction of sp³-hybridized carbons (Fsp3) is 0.0857. The molecule has 0 heterocycles. The van der Waals surface area contributed by atoms with Gasteiger partial charge in [-0.25, -0.2) is 0 Å². The standard InChI is InChI=1S/C35H28BrN/c1-4-24-9-17-28(18-10-24)37(29-19-13-26(14-20-29)25-11-15-27(36)16-12-25)30-21-22-32-31-7-5-6-8-33(31)35(2,3)34(32)23-30/h4-23H,1H2,2-3H3. The van der Waals surface area contributed by atoms with Crippen LogP contribution in [0.4, 0.5) is 17.1 Å². The second-order valence-corrected chi connectivity index (χ2v) is 11.0. The number of nitrogens with zero attached hydrogens (tertiary/aromatic N) is 1. The lowest BCUT2D eigenvalue weighted by molar-refractivity contribution is 0.660. The van der Waals surface area contributed by atoms with Crippen LogP contribution >= 0.6 is 15.9 Å². The van der Waals surface area contributed by atoms with Crippen molar-refractivity contribution in [1.82, 2.24) is 0 Å². The lowest BCUT2D eigenvalue weighted by atomic mass is 9.82. The Morgan fingerprint density at radius 3 is 1.81 bits per heavy atom. The second-order valence-electron chi connectivity index (χ2n) is 10.1. The molecular formula is C35H28BrN. The largest absolute Gasteiger partial charge is 0.310 e. The van der Waals surface area contributed by atoms with Crippen LogP contribution in [-0.4, -0.2) is 0 Å². The van der Waals surface area contributed by atoms with Gasteiger partial charge in [-0.05, 0) is 87.5 Å². The second kappa shape index (κ2) is 9.21. The topological polar surface area (TPSA) is 3.24 Å². The van der Waals surface area contributed by atoms with Crippen LogP contribution in [-0.2, 0) is 5.41 Å². The van der Waals surface area contributed by atoms with Crippen molar-refractivity contribution in [1.29, 1.82) is 0 Å². The molecule has 6 rings (SSSR count). The van der Waals surface area contributed by atoms with Gasteiger partial charge in [-0.15, -0.1) is 0 Å².